The van der Waals surface area contributed by atoms with Crippen LogP contribution in [0.2, 0.25) is 0 Å². The van der Waals surface area contributed by atoms with Crippen LogP contribution in [0.1, 0.15) is 109 Å². The second-order valence-electron chi connectivity index (χ2n) is 13.9. The number of H-pyrrole nitrogens is 1. The summed E-state index contributed by atoms with van der Waals surface area (Å²) in [5.41, 5.74) is 8.22. The molecule has 240 valence electrons. The number of ether oxygens (including phenoxy) is 1. The summed E-state index contributed by atoms with van der Waals surface area (Å²) in [6.07, 6.45) is 2.71. The number of pyridine rings is 1. The first-order valence-electron chi connectivity index (χ1n) is 16.7. The van der Waals surface area contributed by atoms with E-state index >= 15 is 0 Å². The molecule has 1 atom stereocenters. The van der Waals surface area contributed by atoms with E-state index in [0.717, 1.165) is 42.8 Å². The fourth-order valence-electron chi connectivity index (χ4n) is 6.79. The summed E-state index contributed by atoms with van der Waals surface area (Å²) in [6.45, 7) is 21.9. The number of carbonyl (C=O) groups is 2. The average Bonchev–Trinajstić information content (AvgIpc) is 3.36. The third-order valence-corrected chi connectivity index (χ3v) is 8.77. The van der Waals surface area contributed by atoms with E-state index in [1.165, 1.54) is 27.8 Å². The molecule has 0 radical (unpaired) electrons. The van der Waals surface area contributed by atoms with E-state index in [2.05, 4.69) is 88.8 Å². The van der Waals surface area contributed by atoms with E-state index in [1.54, 1.807) is 0 Å². The number of aromatic nitrogens is 2. The standard InChI is InChI=1S/C35H48N4O3.C2H6/c1-22(2)33-29-18-26(8-9-30(29)37-34(33)27-16-23(3)36-24(4)17-27)25-10-12-38(13-11-25)31(40)19-28-21-42-15-14-39(28)32(41)20-35(5,6)7;1-2/h8-9,16-18,22,25,28,37H,10-15,19-21H2,1-7H3;1-2H3. The van der Waals surface area contributed by atoms with Crippen molar-refractivity contribution in [3.8, 4) is 11.3 Å². The lowest BCUT2D eigenvalue weighted by molar-refractivity contribution is -0.145. The molecule has 0 aliphatic carbocycles. The minimum atomic E-state index is -0.175. The van der Waals surface area contributed by atoms with Gasteiger partial charge in [0.1, 0.15) is 0 Å². The molecule has 3 aromatic rings. The van der Waals surface area contributed by atoms with Gasteiger partial charge in [-0.3, -0.25) is 14.6 Å². The van der Waals surface area contributed by atoms with E-state index in [4.69, 9.17) is 4.74 Å². The van der Waals surface area contributed by atoms with Crippen molar-refractivity contribution in [2.24, 2.45) is 5.41 Å². The van der Waals surface area contributed by atoms with E-state index in [-0.39, 0.29) is 23.3 Å². The molecule has 0 bridgehead atoms. The third kappa shape index (κ3) is 7.90. The number of likely N-dealkylation sites (tertiary alicyclic amines) is 1. The Morgan fingerprint density at radius 1 is 1.00 bits per heavy atom. The number of benzene rings is 1. The first kappa shape index (κ1) is 33.7. The summed E-state index contributed by atoms with van der Waals surface area (Å²) >= 11 is 0. The Morgan fingerprint density at radius 3 is 2.27 bits per heavy atom. The van der Waals surface area contributed by atoms with Gasteiger partial charge in [-0.15, -0.1) is 0 Å². The molecule has 2 aromatic heterocycles. The number of hydrogen-bond donors (Lipinski definition) is 1. The lowest BCUT2D eigenvalue weighted by atomic mass is 9.87. The maximum Gasteiger partial charge on any atom is 0.224 e. The molecular weight excluding hydrogens is 548 g/mol. The lowest BCUT2D eigenvalue weighted by Crippen LogP contribution is -2.52. The highest BCUT2D eigenvalue weighted by Gasteiger charge is 2.33. The van der Waals surface area contributed by atoms with Crippen molar-refractivity contribution in [3.63, 3.8) is 0 Å². The van der Waals surface area contributed by atoms with Crippen molar-refractivity contribution in [1.82, 2.24) is 19.8 Å². The number of rotatable bonds is 6. The predicted molar refractivity (Wildman–Crippen MR) is 180 cm³/mol. The molecular formula is C37H54N4O3. The van der Waals surface area contributed by atoms with Gasteiger partial charge in [0.2, 0.25) is 11.8 Å². The zero-order valence-electron chi connectivity index (χ0n) is 28.5. The molecule has 0 saturated carbocycles. The molecule has 4 heterocycles. The summed E-state index contributed by atoms with van der Waals surface area (Å²) in [7, 11) is 0. The highest BCUT2D eigenvalue weighted by atomic mass is 16.5. The van der Waals surface area contributed by atoms with Crippen LogP contribution in [0.15, 0.2) is 30.3 Å². The number of aromatic amines is 1. The molecule has 2 fully saturated rings. The summed E-state index contributed by atoms with van der Waals surface area (Å²) in [5.74, 6) is 1.05. The van der Waals surface area contributed by atoms with Gasteiger partial charge in [-0.1, -0.05) is 54.5 Å². The second-order valence-corrected chi connectivity index (χ2v) is 13.9. The molecule has 7 nitrogen and oxygen atoms in total. The van der Waals surface area contributed by atoms with Crippen LogP contribution in [0.5, 0.6) is 0 Å². The average molecular weight is 603 g/mol. The van der Waals surface area contributed by atoms with Gasteiger partial charge < -0.3 is 19.5 Å². The van der Waals surface area contributed by atoms with Crippen molar-refractivity contribution in [2.75, 3.05) is 32.8 Å². The van der Waals surface area contributed by atoms with Gasteiger partial charge in [0.05, 0.1) is 24.9 Å². The SMILES string of the molecule is CC.Cc1cc(-c2[nH]c3ccc(C4CCN(C(=O)CC5COCCN5C(=O)CC(C)(C)C)CC4)cc3c2C(C)C)cc(C)n1. The maximum absolute atomic E-state index is 13.4. The van der Waals surface area contributed by atoms with Crippen LogP contribution < -0.4 is 0 Å². The molecule has 2 amide bonds. The number of morpholine rings is 1. The van der Waals surface area contributed by atoms with Crippen LogP contribution in [0.3, 0.4) is 0 Å². The molecule has 2 aliphatic rings. The normalized spacial score (nSPS) is 18.0. The monoisotopic (exact) mass is 602 g/mol. The van der Waals surface area contributed by atoms with Crippen LogP contribution >= 0.6 is 0 Å². The number of nitrogens with zero attached hydrogens (tertiary/aromatic N) is 3. The van der Waals surface area contributed by atoms with Gasteiger partial charge in [-0.25, -0.2) is 0 Å². The van der Waals surface area contributed by atoms with Crippen molar-refractivity contribution >= 4 is 22.7 Å². The van der Waals surface area contributed by atoms with Crippen LogP contribution in [-0.2, 0) is 14.3 Å². The molecule has 1 aromatic carbocycles. The van der Waals surface area contributed by atoms with Crippen LogP contribution in [0.4, 0.5) is 0 Å². The molecule has 1 N–H and O–H groups in total. The molecule has 2 saturated heterocycles. The van der Waals surface area contributed by atoms with Crippen LogP contribution in [0.25, 0.3) is 22.2 Å². The second kappa shape index (κ2) is 14.3. The van der Waals surface area contributed by atoms with Crippen molar-refractivity contribution in [2.45, 2.75) is 106 Å². The molecule has 7 heteroatoms. The highest BCUT2D eigenvalue weighted by Crippen LogP contribution is 2.38. The lowest BCUT2D eigenvalue weighted by Gasteiger charge is -2.38. The van der Waals surface area contributed by atoms with Crippen LogP contribution in [-0.4, -0.2) is 70.5 Å². The number of aryl methyl sites for hydroxylation is 2. The fraction of sp³-hybridized carbons (Fsp3) is 0.595. The Kier molecular flexibility index (Phi) is 10.9. The maximum atomic E-state index is 13.4. The number of hydrogen-bond acceptors (Lipinski definition) is 4. The Bertz CT molecular complexity index is 1420. The predicted octanol–water partition coefficient (Wildman–Crippen LogP) is 7.76. The summed E-state index contributed by atoms with van der Waals surface area (Å²) in [5, 5.41) is 1.29. The number of carbonyl (C=O) groups excluding carboxylic acids is 2. The Balaban J connectivity index is 0.00000216. The molecule has 44 heavy (non-hydrogen) atoms. The largest absolute Gasteiger partial charge is 0.377 e. The number of amides is 2. The van der Waals surface area contributed by atoms with Gasteiger partial charge in [0.15, 0.2) is 0 Å². The molecule has 5 rings (SSSR count). The first-order chi connectivity index (χ1) is 20.9. The number of piperidine rings is 1. The van der Waals surface area contributed by atoms with Gasteiger partial charge in [0, 0.05) is 60.3 Å². The minimum Gasteiger partial charge on any atom is -0.377 e. The van der Waals surface area contributed by atoms with E-state index in [1.807, 2.05) is 23.6 Å². The zero-order chi connectivity index (χ0) is 32.2. The van der Waals surface area contributed by atoms with Gasteiger partial charge in [0.25, 0.3) is 0 Å². The molecule has 0 spiro atoms. The third-order valence-electron chi connectivity index (χ3n) is 8.77. The highest BCUT2D eigenvalue weighted by molar-refractivity contribution is 5.92. The molecule has 1 unspecified atom stereocenters. The summed E-state index contributed by atoms with van der Waals surface area (Å²) < 4.78 is 5.69. The van der Waals surface area contributed by atoms with E-state index in [0.29, 0.717) is 44.4 Å². The van der Waals surface area contributed by atoms with E-state index in [9.17, 15) is 9.59 Å². The quantitative estimate of drug-likeness (QED) is 0.313. The van der Waals surface area contributed by atoms with Crippen molar-refractivity contribution in [3.05, 3.63) is 52.8 Å². The van der Waals surface area contributed by atoms with Crippen molar-refractivity contribution in [1.29, 1.82) is 0 Å². The van der Waals surface area contributed by atoms with Gasteiger partial charge in [-0.05, 0) is 79.3 Å². The fourth-order valence-corrected chi connectivity index (χ4v) is 6.79. The van der Waals surface area contributed by atoms with Gasteiger partial charge in [-0.2, -0.15) is 0 Å². The van der Waals surface area contributed by atoms with E-state index < -0.39 is 0 Å². The summed E-state index contributed by atoms with van der Waals surface area (Å²) in [6, 6.07) is 11.0. The molecule has 2 aliphatic heterocycles. The number of fused-ring (bicyclic) bond motifs is 1. The minimum absolute atomic E-state index is 0.0795. The smallest absolute Gasteiger partial charge is 0.224 e. The zero-order valence-corrected chi connectivity index (χ0v) is 28.5. The van der Waals surface area contributed by atoms with Crippen molar-refractivity contribution < 1.29 is 14.3 Å². The number of nitrogens with one attached hydrogen (secondary N) is 1. The van der Waals surface area contributed by atoms with Crippen LogP contribution in [0, 0.1) is 19.3 Å². The summed E-state index contributed by atoms with van der Waals surface area (Å²) in [4.78, 5) is 38.5. The Hall–Kier alpha value is -3.19. The first-order valence-corrected chi connectivity index (χ1v) is 16.7. The Labute approximate surface area is 264 Å². The Morgan fingerprint density at radius 2 is 1.66 bits per heavy atom. The topological polar surface area (TPSA) is 78.5 Å². The van der Waals surface area contributed by atoms with Gasteiger partial charge >= 0.3 is 0 Å².